The Morgan fingerprint density at radius 3 is 1.29 bits per heavy atom. The largest absolute Gasteiger partial charge is 0.497 e. The minimum Gasteiger partial charge on any atom is -0.497 e. The normalized spacial score (nSPS) is 11.3. The van der Waals surface area contributed by atoms with Gasteiger partial charge in [-0.3, -0.25) is 0 Å². The quantitative estimate of drug-likeness (QED) is 0.612. The highest BCUT2D eigenvalue weighted by Crippen LogP contribution is 2.20. The minimum atomic E-state index is 0.304. The smallest absolute Gasteiger partial charge is 0.118 e. The van der Waals surface area contributed by atoms with Gasteiger partial charge in [-0.2, -0.15) is 10.5 Å². The van der Waals surface area contributed by atoms with Gasteiger partial charge in [-0.1, -0.05) is 24.3 Å². The van der Waals surface area contributed by atoms with Gasteiger partial charge in [0.15, 0.2) is 0 Å². The lowest BCUT2D eigenvalue weighted by Crippen LogP contribution is -1.87. The van der Waals surface area contributed by atoms with Gasteiger partial charge >= 0.3 is 0 Å². The van der Waals surface area contributed by atoms with Gasteiger partial charge in [0.25, 0.3) is 0 Å². The molecule has 0 bridgehead atoms. The van der Waals surface area contributed by atoms with E-state index in [9.17, 15) is 10.5 Å². The molecule has 2 aromatic rings. The van der Waals surface area contributed by atoms with E-state index in [-0.39, 0.29) is 0 Å². The van der Waals surface area contributed by atoms with E-state index >= 15 is 0 Å². The molecule has 0 amide bonds. The molecule has 0 saturated heterocycles. The van der Waals surface area contributed by atoms with Crippen LogP contribution in [0.25, 0.3) is 12.2 Å². The molecule has 0 heterocycles. The molecule has 0 aliphatic carbocycles. The summed E-state index contributed by atoms with van der Waals surface area (Å²) in [5.74, 6) is 1.47. The van der Waals surface area contributed by atoms with Crippen molar-refractivity contribution in [1.82, 2.24) is 0 Å². The number of nitrogens with zero attached hydrogens (tertiary/aromatic N) is 2. The molecule has 0 radical (unpaired) electrons. The van der Waals surface area contributed by atoms with Gasteiger partial charge in [-0.05, 0) is 47.5 Å². The molecule has 0 fully saturated rings. The van der Waals surface area contributed by atoms with Gasteiger partial charge in [0, 0.05) is 0 Å². The molecule has 4 nitrogen and oxygen atoms in total. The summed E-state index contributed by atoms with van der Waals surface area (Å²) in [4.78, 5) is 0. The second-order valence-electron chi connectivity index (χ2n) is 4.89. The first-order chi connectivity index (χ1) is 11.7. The zero-order valence-corrected chi connectivity index (χ0v) is 13.5. The van der Waals surface area contributed by atoms with Crippen molar-refractivity contribution < 1.29 is 9.47 Å². The van der Waals surface area contributed by atoms with Crippen molar-refractivity contribution >= 4 is 12.2 Å². The van der Waals surface area contributed by atoms with Gasteiger partial charge in [-0.15, -0.1) is 0 Å². The van der Waals surface area contributed by atoms with Crippen LogP contribution in [0.15, 0.2) is 59.7 Å². The topological polar surface area (TPSA) is 66.0 Å². The molecular formula is C20H16N2O2. The summed E-state index contributed by atoms with van der Waals surface area (Å²) in [6, 6.07) is 18.7. The van der Waals surface area contributed by atoms with Crippen LogP contribution in [-0.2, 0) is 0 Å². The van der Waals surface area contributed by atoms with Crippen molar-refractivity contribution in [1.29, 1.82) is 10.5 Å². The number of benzene rings is 2. The zero-order valence-electron chi connectivity index (χ0n) is 13.5. The second-order valence-corrected chi connectivity index (χ2v) is 4.89. The number of methoxy groups -OCH3 is 2. The summed E-state index contributed by atoms with van der Waals surface area (Å²) < 4.78 is 10.2. The lowest BCUT2D eigenvalue weighted by atomic mass is 10.0. The molecule has 2 aromatic carbocycles. The summed E-state index contributed by atoms with van der Waals surface area (Å²) in [6.45, 7) is 0. The molecule has 0 saturated carbocycles. The SMILES string of the molecule is COc1ccc(C=C(C#N)C(C#N)=Cc2ccc(OC)cc2)cc1. The van der Waals surface area contributed by atoms with Crippen molar-refractivity contribution in [3.8, 4) is 23.6 Å². The van der Waals surface area contributed by atoms with Gasteiger partial charge < -0.3 is 9.47 Å². The Morgan fingerprint density at radius 1 is 0.708 bits per heavy atom. The highest BCUT2D eigenvalue weighted by atomic mass is 16.5. The monoisotopic (exact) mass is 316 g/mol. The van der Waals surface area contributed by atoms with Crippen molar-refractivity contribution in [2.45, 2.75) is 0 Å². The summed E-state index contributed by atoms with van der Waals surface area (Å²) in [7, 11) is 3.19. The third kappa shape index (κ3) is 4.25. The molecule has 0 N–H and O–H groups in total. The maximum atomic E-state index is 9.39. The molecule has 0 aromatic heterocycles. The van der Waals surface area contributed by atoms with E-state index < -0.39 is 0 Å². The standard InChI is InChI=1S/C20H16N2O2/c1-23-19-7-3-15(4-8-19)11-17(13-21)18(14-22)12-16-5-9-20(24-2)10-6-16/h3-12H,1-2H3. The number of nitriles is 2. The molecule has 4 heteroatoms. The fourth-order valence-electron chi connectivity index (χ4n) is 2.07. The maximum absolute atomic E-state index is 9.39. The Balaban J connectivity index is 2.34. The predicted molar refractivity (Wildman–Crippen MR) is 93.2 cm³/mol. The molecule has 0 atom stereocenters. The van der Waals surface area contributed by atoms with Crippen LogP contribution in [0.1, 0.15) is 11.1 Å². The van der Waals surface area contributed by atoms with Crippen molar-refractivity contribution in [3.05, 3.63) is 70.8 Å². The van der Waals surface area contributed by atoms with Crippen LogP contribution in [0.3, 0.4) is 0 Å². The average molecular weight is 316 g/mol. The number of hydrogen-bond acceptors (Lipinski definition) is 4. The van der Waals surface area contributed by atoms with Gasteiger partial charge in [0.05, 0.1) is 25.4 Å². The van der Waals surface area contributed by atoms with E-state index in [2.05, 4.69) is 12.1 Å². The summed E-state index contributed by atoms with van der Waals surface area (Å²) in [6.07, 6.45) is 3.36. The number of ether oxygens (including phenoxy) is 2. The molecule has 118 valence electrons. The second kappa shape index (κ2) is 8.22. The number of allylic oxidation sites excluding steroid dienone is 2. The zero-order chi connectivity index (χ0) is 17.4. The summed E-state index contributed by atoms with van der Waals surface area (Å²) in [5, 5.41) is 18.8. The first kappa shape index (κ1) is 16.9. The third-order valence-corrected chi connectivity index (χ3v) is 3.38. The van der Waals surface area contributed by atoms with E-state index in [0.29, 0.717) is 11.1 Å². The van der Waals surface area contributed by atoms with E-state index in [1.165, 1.54) is 0 Å². The molecule has 0 aliphatic heterocycles. The van der Waals surface area contributed by atoms with Crippen molar-refractivity contribution in [2.24, 2.45) is 0 Å². The van der Waals surface area contributed by atoms with E-state index in [0.717, 1.165) is 22.6 Å². The average Bonchev–Trinajstić information content (AvgIpc) is 2.65. The first-order valence-electron chi connectivity index (χ1n) is 7.22. The molecular weight excluding hydrogens is 300 g/mol. The fraction of sp³-hybridized carbons (Fsp3) is 0.100. The van der Waals surface area contributed by atoms with Gasteiger partial charge in [0.1, 0.15) is 23.6 Å². The Kier molecular flexibility index (Phi) is 5.77. The summed E-state index contributed by atoms with van der Waals surface area (Å²) >= 11 is 0. The number of rotatable bonds is 5. The van der Waals surface area contributed by atoms with Crippen LogP contribution in [0, 0.1) is 22.7 Å². The van der Waals surface area contributed by atoms with Crippen molar-refractivity contribution in [3.63, 3.8) is 0 Å². The summed E-state index contributed by atoms with van der Waals surface area (Å²) in [5.41, 5.74) is 2.25. The molecule has 0 unspecified atom stereocenters. The van der Waals surface area contributed by atoms with Crippen LogP contribution in [0.2, 0.25) is 0 Å². The lowest BCUT2D eigenvalue weighted by molar-refractivity contribution is 0.414. The Bertz CT molecular complexity index is 760. The highest BCUT2D eigenvalue weighted by molar-refractivity contribution is 5.74. The maximum Gasteiger partial charge on any atom is 0.118 e. The Labute approximate surface area is 141 Å². The van der Waals surface area contributed by atoms with E-state index in [4.69, 9.17) is 9.47 Å². The lowest BCUT2D eigenvalue weighted by Gasteiger charge is -2.02. The van der Waals surface area contributed by atoms with Crippen LogP contribution >= 0.6 is 0 Å². The molecule has 2 rings (SSSR count). The van der Waals surface area contributed by atoms with Crippen LogP contribution in [0.5, 0.6) is 11.5 Å². The van der Waals surface area contributed by atoms with E-state index in [1.807, 2.05) is 24.3 Å². The van der Waals surface area contributed by atoms with Gasteiger partial charge in [0.2, 0.25) is 0 Å². The van der Waals surface area contributed by atoms with Crippen LogP contribution in [0.4, 0.5) is 0 Å². The predicted octanol–water partition coefficient (Wildman–Crippen LogP) is 4.22. The van der Waals surface area contributed by atoms with E-state index in [1.54, 1.807) is 50.6 Å². The Hall–Kier alpha value is -3.50. The molecule has 24 heavy (non-hydrogen) atoms. The van der Waals surface area contributed by atoms with Crippen LogP contribution in [-0.4, -0.2) is 14.2 Å². The third-order valence-electron chi connectivity index (χ3n) is 3.38. The minimum absolute atomic E-state index is 0.304. The Morgan fingerprint density at radius 2 is 1.04 bits per heavy atom. The highest BCUT2D eigenvalue weighted by Gasteiger charge is 2.05. The molecule has 0 aliphatic rings. The van der Waals surface area contributed by atoms with Crippen LogP contribution < -0.4 is 9.47 Å². The molecule has 0 spiro atoms. The fourth-order valence-corrected chi connectivity index (χ4v) is 2.07. The number of hydrogen-bond donors (Lipinski definition) is 0. The van der Waals surface area contributed by atoms with Gasteiger partial charge in [-0.25, -0.2) is 0 Å². The first-order valence-corrected chi connectivity index (χ1v) is 7.22. The van der Waals surface area contributed by atoms with Crippen molar-refractivity contribution in [2.75, 3.05) is 14.2 Å².